The predicted molar refractivity (Wildman–Crippen MR) is 70.4 cm³/mol. The summed E-state index contributed by atoms with van der Waals surface area (Å²) in [4.78, 5) is 7.32. The summed E-state index contributed by atoms with van der Waals surface area (Å²) in [5.41, 5.74) is 3.56. The van der Waals surface area contributed by atoms with Crippen LogP contribution < -0.4 is 0 Å². The monoisotopic (exact) mass is 242 g/mol. The van der Waals surface area contributed by atoms with Crippen LogP contribution in [0.25, 0.3) is 10.9 Å². The molecule has 3 rings (SSSR count). The molecule has 2 aromatic heterocycles. The van der Waals surface area contributed by atoms with Crippen LogP contribution in [0.15, 0.2) is 48.9 Å². The summed E-state index contributed by atoms with van der Waals surface area (Å²) in [6.07, 6.45) is 6.58. The van der Waals surface area contributed by atoms with Gasteiger partial charge >= 0.3 is 0 Å². The van der Waals surface area contributed by atoms with Crippen molar-refractivity contribution in [2.24, 2.45) is 0 Å². The molecule has 3 heteroatoms. The Morgan fingerprint density at radius 1 is 1.24 bits per heavy atom. The Balaban J connectivity index is 2.00. The van der Waals surface area contributed by atoms with Crippen molar-refractivity contribution >= 4 is 22.5 Å². The van der Waals surface area contributed by atoms with Crippen LogP contribution in [0.5, 0.6) is 0 Å². The van der Waals surface area contributed by atoms with E-state index in [9.17, 15) is 0 Å². The Labute approximate surface area is 104 Å². The third kappa shape index (κ3) is 2.04. The van der Waals surface area contributed by atoms with E-state index in [0.717, 1.165) is 17.0 Å². The van der Waals surface area contributed by atoms with Crippen LogP contribution >= 0.6 is 11.6 Å². The van der Waals surface area contributed by atoms with Crippen molar-refractivity contribution in [1.29, 1.82) is 0 Å². The summed E-state index contributed by atoms with van der Waals surface area (Å²) < 4.78 is 0. The number of fused-ring (bicyclic) bond motifs is 1. The van der Waals surface area contributed by atoms with Crippen molar-refractivity contribution in [2.45, 2.75) is 6.42 Å². The number of aromatic nitrogens is 2. The van der Waals surface area contributed by atoms with Crippen molar-refractivity contribution in [2.75, 3.05) is 0 Å². The van der Waals surface area contributed by atoms with Gasteiger partial charge in [-0.15, -0.1) is 0 Å². The molecule has 84 valence electrons. The molecule has 0 aliphatic carbocycles. The Kier molecular flexibility index (Phi) is 2.57. The smallest absolute Gasteiger partial charge is 0.0643 e. The molecule has 1 aromatic carbocycles. The third-order valence-corrected chi connectivity index (χ3v) is 3.09. The lowest BCUT2D eigenvalue weighted by Crippen LogP contribution is -1.86. The van der Waals surface area contributed by atoms with Crippen LogP contribution in [0.4, 0.5) is 0 Å². The second-order valence-corrected chi connectivity index (χ2v) is 4.48. The number of H-pyrrole nitrogens is 1. The molecule has 3 aromatic rings. The molecule has 0 aliphatic rings. The van der Waals surface area contributed by atoms with Crippen LogP contribution in [0.1, 0.15) is 11.1 Å². The lowest BCUT2D eigenvalue weighted by atomic mass is 10.1. The van der Waals surface area contributed by atoms with E-state index in [1.807, 2.05) is 42.9 Å². The first kappa shape index (κ1) is 10.4. The van der Waals surface area contributed by atoms with Gasteiger partial charge in [0.15, 0.2) is 0 Å². The van der Waals surface area contributed by atoms with Crippen molar-refractivity contribution in [3.05, 3.63) is 65.1 Å². The van der Waals surface area contributed by atoms with E-state index >= 15 is 0 Å². The SMILES string of the molecule is Clc1cccc(Cc2c[nH]c3cnccc23)c1. The van der Waals surface area contributed by atoms with E-state index in [0.29, 0.717) is 0 Å². The van der Waals surface area contributed by atoms with Crippen molar-refractivity contribution < 1.29 is 0 Å². The van der Waals surface area contributed by atoms with Gasteiger partial charge in [0, 0.05) is 22.8 Å². The highest BCUT2D eigenvalue weighted by Crippen LogP contribution is 2.21. The molecule has 0 saturated heterocycles. The van der Waals surface area contributed by atoms with Crippen LogP contribution in [0.2, 0.25) is 5.02 Å². The molecule has 1 N–H and O–H groups in total. The summed E-state index contributed by atoms with van der Waals surface area (Å²) >= 11 is 5.99. The second kappa shape index (κ2) is 4.22. The van der Waals surface area contributed by atoms with Crippen molar-refractivity contribution in [3.8, 4) is 0 Å². The van der Waals surface area contributed by atoms with Gasteiger partial charge in [0.2, 0.25) is 0 Å². The molecule has 17 heavy (non-hydrogen) atoms. The maximum absolute atomic E-state index is 5.99. The number of hydrogen-bond donors (Lipinski definition) is 1. The minimum atomic E-state index is 0.781. The number of pyridine rings is 1. The number of rotatable bonds is 2. The molecule has 0 aliphatic heterocycles. The van der Waals surface area contributed by atoms with Gasteiger partial charge < -0.3 is 4.98 Å². The molecule has 0 bridgehead atoms. The number of nitrogens with one attached hydrogen (secondary N) is 1. The molecular formula is C14H11ClN2. The van der Waals surface area contributed by atoms with Crippen LogP contribution in [-0.4, -0.2) is 9.97 Å². The van der Waals surface area contributed by atoms with Crippen LogP contribution in [0, 0.1) is 0 Å². The maximum atomic E-state index is 5.99. The highest BCUT2D eigenvalue weighted by Gasteiger charge is 2.04. The molecule has 2 heterocycles. The zero-order valence-electron chi connectivity index (χ0n) is 9.15. The van der Waals surface area contributed by atoms with E-state index in [2.05, 4.69) is 16.0 Å². The van der Waals surface area contributed by atoms with Gasteiger partial charge in [-0.1, -0.05) is 23.7 Å². The average Bonchev–Trinajstić information content (AvgIpc) is 2.73. The molecule has 2 nitrogen and oxygen atoms in total. The minimum absolute atomic E-state index is 0.781. The predicted octanol–water partition coefficient (Wildman–Crippen LogP) is 3.81. The highest BCUT2D eigenvalue weighted by atomic mass is 35.5. The Morgan fingerprint density at radius 3 is 3.06 bits per heavy atom. The van der Waals surface area contributed by atoms with Gasteiger partial charge in [-0.2, -0.15) is 0 Å². The first-order valence-electron chi connectivity index (χ1n) is 5.47. The maximum Gasteiger partial charge on any atom is 0.0643 e. The topological polar surface area (TPSA) is 28.7 Å². The van der Waals surface area contributed by atoms with Gasteiger partial charge in [-0.3, -0.25) is 4.98 Å². The third-order valence-electron chi connectivity index (χ3n) is 2.85. The zero-order valence-corrected chi connectivity index (χ0v) is 9.91. The average molecular weight is 243 g/mol. The van der Waals surface area contributed by atoms with E-state index in [1.165, 1.54) is 16.5 Å². The molecule has 0 spiro atoms. The number of nitrogens with zero attached hydrogens (tertiary/aromatic N) is 1. The number of aromatic amines is 1. The molecule has 0 fully saturated rings. The Bertz CT molecular complexity index is 658. The first-order valence-corrected chi connectivity index (χ1v) is 5.85. The van der Waals surface area contributed by atoms with Gasteiger partial charge in [-0.05, 0) is 35.7 Å². The lowest BCUT2D eigenvalue weighted by molar-refractivity contribution is 1.21. The van der Waals surface area contributed by atoms with Gasteiger partial charge in [0.25, 0.3) is 0 Å². The molecule has 0 radical (unpaired) electrons. The largest absolute Gasteiger partial charge is 0.360 e. The van der Waals surface area contributed by atoms with E-state index in [4.69, 9.17) is 11.6 Å². The summed E-state index contributed by atoms with van der Waals surface area (Å²) in [6.45, 7) is 0. The Morgan fingerprint density at radius 2 is 2.18 bits per heavy atom. The molecule has 0 saturated carbocycles. The fraction of sp³-hybridized carbons (Fsp3) is 0.0714. The molecule has 0 unspecified atom stereocenters. The number of hydrogen-bond acceptors (Lipinski definition) is 1. The first-order chi connectivity index (χ1) is 8.33. The number of benzene rings is 1. The Hall–Kier alpha value is -1.80. The normalized spacial score (nSPS) is 10.9. The minimum Gasteiger partial charge on any atom is -0.360 e. The lowest BCUT2D eigenvalue weighted by Gasteiger charge is -2.00. The fourth-order valence-corrected chi connectivity index (χ4v) is 2.26. The summed E-state index contributed by atoms with van der Waals surface area (Å²) in [5.74, 6) is 0. The highest BCUT2D eigenvalue weighted by molar-refractivity contribution is 6.30. The number of halogens is 1. The van der Waals surface area contributed by atoms with Gasteiger partial charge in [0.1, 0.15) is 0 Å². The second-order valence-electron chi connectivity index (χ2n) is 4.04. The standard InChI is InChI=1S/C14H11ClN2/c15-12-3-1-2-10(7-12)6-11-8-17-14-9-16-5-4-13(11)14/h1-5,7-9,17H,6H2. The van der Waals surface area contributed by atoms with E-state index in [-0.39, 0.29) is 0 Å². The molecule has 0 amide bonds. The van der Waals surface area contributed by atoms with Gasteiger partial charge in [0.05, 0.1) is 11.7 Å². The fourth-order valence-electron chi connectivity index (χ4n) is 2.05. The van der Waals surface area contributed by atoms with E-state index in [1.54, 1.807) is 0 Å². The molecule has 0 atom stereocenters. The summed E-state index contributed by atoms with van der Waals surface area (Å²) in [6, 6.07) is 10.00. The molecular weight excluding hydrogens is 232 g/mol. The van der Waals surface area contributed by atoms with Crippen molar-refractivity contribution in [3.63, 3.8) is 0 Å². The summed E-state index contributed by atoms with van der Waals surface area (Å²) in [7, 11) is 0. The van der Waals surface area contributed by atoms with Crippen molar-refractivity contribution in [1.82, 2.24) is 9.97 Å². The van der Waals surface area contributed by atoms with Gasteiger partial charge in [-0.25, -0.2) is 0 Å². The van der Waals surface area contributed by atoms with Crippen LogP contribution in [-0.2, 0) is 6.42 Å². The quantitative estimate of drug-likeness (QED) is 0.727. The van der Waals surface area contributed by atoms with Crippen LogP contribution in [0.3, 0.4) is 0 Å². The zero-order chi connectivity index (χ0) is 11.7. The van der Waals surface area contributed by atoms with E-state index < -0.39 is 0 Å². The summed E-state index contributed by atoms with van der Waals surface area (Å²) in [5, 5.41) is 2.00.